The lowest BCUT2D eigenvalue weighted by atomic mass is 10.1. The molecule has 0 atom stereocenters. The van der Waals surface area contributed by atoms with Gasteiger partial charge in [-0.1, -0.05) is 25.1 Å². The molecule has 1 aromatic heterocycles. The van der Waals surface area contributed by atoms with Gasteiger partial charge in [0.05, 0.1) is 0 Å². The van der Waals surface area contributed by atoms with Gasteiger partial charge in [-0.2, -0.15) is 4.98 Å². The van der Waals surface area contributed by atoms with Crippen molar-refractivity contribution in [3.8, 4) is 17.2 Å². The first kappa shape index (κ1) is 18.6. The molecular formula is C21H23N3O3. The van der Waals surface area contributed by atoms with Crippen molar-refractivity contribution in [3.05, 3.63) is 59.4 Å². The predicted molar refractivity (Wildman–Crippen MR) is 104 cm³/mol. The molecule has 27 heavy (non-hydrogen) atoms. The Morgan fingerprint density at radius 3 is 2.48 bits per heavy atom. The number of hydrogen-bond donors (Lipinski definition) is 1. The highest BCUT2D eigenvalue weighted by atomic mass is 16.5. The molecule has 1 heterocycles. The summed E-state index contributed by atoms with van der Waals surface area (Å²) in [5.41, 5.74) is 3.89. The average Bonchev–Trinajstić information content (AvgIpc) is 3.14. The van der Waals surface area contributed by atoms with E-state index in [0.717, 1.165) is 16.8 Å². The third-order valence-corrected chi connectivity index (χ3v) is 4.22. The van der Waals surface area contributed by atoms with E-state index in [-0.39, 0.29) is 18.4 Å². The lowest BCUT2D eigenvalue weighted by Gasteiger charge is -2.09. The van der Waals surface area contributed by atoms with Gasteiger partial charge in [-0.05, 0) is 61.4 Å². The topological polar surface area (TPSA) is 77.2 Å². The Kier molecular flexibility index (Phi) is 5.54. The summed E-state index contributed by atoms with van der Waals surface area (Å²) in [5, 5.41) is 6.79. The van der Waals surface area contributed by atoms with Gasteiger partial charge in [0.1, 0.15) is 5.75 Å². The maximum Gasteiger partial charge on any atom is 0.262 e. The van der Waals surface area contributed by atoms with Gasteiger partial charge in [0.2, 0.25) is 0 Å². The number of ether oxygens (including phenoxy) is 1. The number of aromatic nitrogens is 2. The number of carbonyl (C=O) groups excluding carboxylic acids is 1. The highest BCUT2D eigenvalue weighted by molar-refractivity contribution is 5.92. The van der Waals surface area contributed by atoms with E-state index in [2.05, 4.69) is 15.5 Å². The van der Waals surface area contributed by atoms with Gasteiger partial charge in [-0.3, -0.25) is 4.79 Å². The van der Waals surface area contributed by atoms with Gasteiger partial charge in [-0.25, -0.2) is 0 Å². The van der Waals surface area contributed by atoms with Gasteiger partial charge < -0.3 is 14.6 Å². The Hall–Kier alpha value is -3.15. The molecule has 0 aliphatic heterocycles. The first-order valence-corrected chi connectivity index (χ1v) is 8.86. The number of anilines is 1. The van der Waals surface area contributed by atoms with Crippen LogP contribution in [-0.2, 0) is 4.79 Å². The SMILES string of the molecule is Cc1ccc(NC(=O)COc2ccc(-c3nc(C(C)C)no3)cc2)cc1C. The summed E-state index contributed by atoms with van der Waals surface area (Å²) in [4.78, 5) is 16.4. The molecule has 0 saturated heterocycles. The molecule has 0 bridgehead atoms. The van der Waals surface area contributed by atoms with Gasteiger partial charge in [0.25, 0.3) is 11.8 Å². The number of amides is 1. The molecule has 1 amide bonds. The van der Waals surface area contributed by atoms with Crippen molar-refractivity contribution in [2.75, 3.05) is 11.9 Å². The van der Waals surface area contributed by atoms with Crippen molar-refractivity contribution in [1.82, 2.24) is 10.1 Å². The Morgan fingerprint density at radius 1 is 1.11 bits per heavy atom. The fourth-order valence-corrected chi connectivity index (χ4v) is 2.45. The van der Waals surface area contributed by atoms with Crippen LogP contribution in [0.1, 0.15) is 36.7 Å². The number of nitrogens with zero attached hydrogens (tertiary/aromatic N) is 2. The van der Waals surface area contributed by atoms with E-state index in [1.165, 1.54) is 5.56 Å². The van der Waals surface area contributed by atoms with Crippen LogP contribution >= 0.6 is 0 Å². The van der Waals surface area contributed by atoms with Crippen molar-refractivity contribution in [2.45, 2.75) is 33.6 Å². The van der Waals surface area contributed by atoms with Crippen LogP contribution in [0.25, 0.3) is 11.5 Å². The largest absolute Gasteiger partial charge is 0.484 e. The molecule has 0 aliphatic rings. The summed E-state index contributed by atoms with van der Waals surface area (Å²) in [6.07, 6.45) is 0. The maximum atomic E-state index is 12.1. The lowest BCUT2D eigenvalue weighted by molar-refractivity contribution is -0.118. The van der Waals surface area contributed by atoms with E-state index in [1.807, 2.05) is 58.0 Å². The normalized spacial score (nSPS) is 10.9. The fourth-order valence-electron chi connectivity index (χ4n) is 2.45. The summed E-state index contributed by atoms with van der Waals surface area (Å²) >= 11 is 0. The minimum atomic E-state index is -0.208. The van der Waals surface area contributed by atoms with Crippen LogP contribution in [0.4, 0.5) is 5.69 Å². The van der Waals surface area contributed by atoms with Crippen LogP contribution in [0, 0.1) is 13.8 Å². The van der Waals surface area contributed by atoms with Crippen molar-refractivity contribution in [1.29, 1.82) is 0 Å². The minimum absolute atomic E-state index is 0.0652. The third-order valence-electron chi connectivity index (χ3n) is 4.22. The zero-order chi connectivity index (χ0) is 19.4. The summed E-state index contributed by atoms with van der Waals surface area (Å²) in [5.74, 6) is 1.74. The van der Waals surface area contributed by atoms with E-state index in [0.29, 0.717) is 17.5 Å². The Bertz CT molecular complexity index is 930. The zero-order valence-electron chi connectivity index (χ0n) is 15.9. The summed E-state index contributed by atoms with van der Waals surface area (Å²) in [6.45, 7) is 8.00. The first-order valence-electron chi connectivity index (χ1n) is 8.86. The molecule has 1 N–H and O–H groups in total. The molecule has 0 radical (unpaired) electrons. The number of nitrogens with one attached hydrogen (secondary N) is 1. The van der Waals surface area contributed by atoms with E-state index in [9.17, 15) is 4.79 Å². The molecule has 0 fully saturated rings. The number of benzene rings is 2. The molecule has 3 rings (SSSR count). The minimum Gasteiger partial charge on any atom is -0.484 e. The lowest BCUT2D eigenvalue weighted by Crippen LogP contribution is -2.20. The molecule has 0 aliphatic carbocycles. The number of carbonyl (C=O) groups is 1. The summed E-state index contributed by atoms with van der Waals surface area (Å²) in [7, 11) is 0. The average molecular weight is 365 g/mol. The first-order chi connectivity index (χ1) is 12.9. The molecule has 6 nitrogen and oxygen atoms in total. The second-order valence-corrected chi connectivity index (χ2v) is 6.77. The second-order valence-electron chi connectivity index (χ2n) is 6.77. The van der Waals surface area contributed by atoms with Crippen molar-refractivity contribution >= 4 is 11.6 Å². The highest BCUT2D eigenvalue weighted by Crippen LogP contribution is 2.22. The number of hydrogen-bond acceptors (Lipinski definition) is 5. The van der Waals surface area contributed by atoms with E-state index in [1.54, 1.807) is 12.1 Å². The van der Waals surface area contributed by atoms with Crippen molar-refractivity contribution < 1.29 is 14.1 Å². The molecule has 0 unspecified atom stereocenters. The Labute approximate surface area is 158 Å². The van der Waals surface area contributed by atoms with Crippen LogP contribution in [0.3, 0.4) is 0 Å². The van der Waals surface area contributed by atoms with Gasteiger partial charge in [-0.15, -0.1) is 0 Å². The van der Waals surface area contributed by atoms with Crippen LogP contribution < -0.4 is 10.1 Å². The third kappa shape index (κ3) is 4.73. The van der Waals surface area contributed by atoms with Crippen LogP contribution in [-0.4, -0.2) is 22.7 Å². The van der Waals surface area contributed by atoms with E-state index in [4.69, 9.17) is 9.26 Å². The standard InChI is InChI=1S/C21H23N3O3/c1-13(2)20-23-21(27-24-20)16-6-9-18(10-7-16)26-12-19(25)22-17-8-5-14(3)15(4)11-17/h5-11,13H,12H2,1-4H3,(H,22,25). The Morgan fingerprint density at radius 2 is 1.85 bits per heavy atom. The van der Waals surface area contributed by atoms with Crippen LogP contribution in [0.5, 0.6) is 5.75 Å². The van der Waals surface area contributed by atoms with E-state index < -0.39 is 0 Å². The van der Waals surface area contributed by atoms with Gasteiger partial charge in [0, 0.05) is 17.2 Å². The smallest absolute Gasteiger partial charge is 0.262 e. The monoisotopic (exact) mass is 365 g/mol. The number of aryl methyl sites for hydroxylation is 2. The molecule has 140 valence electrons. The maximum absolute atomic E-state index is 12.1. The molecule has 2 aromatic carbocycles. The second kappa shape index (κ2) is 8.03. The molecule has 0 spiro atoms. The zero-order valence-corrected chi connectivity index (χ0v) is 15.9. The highest BCUT2D eigenvalue weighted by Gasteiger charge is 2.11. The van der Waals surface area contributed by atoms with Crippen LogP contribution in [0.2, 0.25) is 0 Å². The summed E-state index contributed by atoms with van der Waals surface area (Å²) in [6, 6.07) is 13.0. The predicted octanol–water partition coefficient (Wildman–Crippen LogP) is 4.49. The van der Waals surface area contributed by atoms with Gasteiger partial charge in [0.15, 0.2) is 12.4 Å². The molecule has 3 aromatic rings. The Balaban J connectivity index is 1.56. The molecular weight excluding hydrogens is 342 g/mol. The van der Waals surface area contributed by atoms with Crippen LogP contribution in [0.15, 0.2) is 47.0 Å². The van der Waals surface area contributed by atoms with Crippen molar-refractivity contribution in [2.24, 2.45) is 0 Å². The molecule has 6 heteroatoms. The summed E-state index contributed by atoms with van der Waals surface area (Å²) < 4.78 is 10.8. The molecule has 0 saturated carbocycles. The van der Waals surface area contributed by atoms with E-state index >= 15 is 0 Å². The number of rotatable bonds is 6. The van der Waals surface area contributed by atoms with Crippen molar-refractivity contribution in [3.63, 3.8) is 0 Å². The quantitative estimate of drug-likeness (QED) is 0.696. The fraction of sp³-hybridized carbons (Fsp3) is 0.286. The van der Waals surface area contributed by atoms with Gasteiger partial charge >= 0.3 is 0 Å².